The van der Waals surface area contributed by atoms with E-state index in [2.05, 4.69) is 77.7 Å². The number of anilines is 1. The average Bonchev–Trinajstić information content (AvgIpc) is 2.97. The second kappa shape index (κ2) is 13.6. The lowest BCUT2D eigenvalue weighted by atomic mass is 9.92. The van der Waals surface area contributed by atoms with Gasteiger partial charge >= 0.3 is 0 Å². The second-order valence-electron chi connectivity index (χ2n) is 9.42. The molecule has 0 saturated carbocycles. The number of methoxy groups -OCH3 is 1. The lowest BCUT2D eigenvalue weighted by Gasteiger charge is -2.27. The molecule has 1 aliphatic rings. The van der Waals surface area contributed by atoms with Gasteiger partial charge in [-0.3, -0.25) is 0 Å². The Hall–Kier alpha value is -3.16. The SMILES string of the molecule is COc1cc(Cc2c3ccccc3cc3ccccc23)ccc1N1CCOCCOCCOCCOCC1. The summed E-state index contributed by atoms with van der Waals surface area (Å²) in [6, 6.07) is 26.1. The lowest BCUT2D eigenvalue weighted by Crippen LogP contribution is -2.32. The first-order valence-electron chi connectivity index (χ1n) is 13.5. The van der Waals surface area contributed by atoms with Crippen LogP contribution in [-0.2, 0) is 25.4 Å². The Morgan fingerprint density at radius 1 is 0.632 bits per heavy atom. The molecule has 0 amide bonds. The molecule has 4 aromatic carbocycles. The topological polar surface area (TPSA) is 49.4 Å². The third-order valence-corrected chi connectivity index (χ3v) is 6.98. The maximum atomic E-state index is 5.91. The Balaban J connectivity index is 1.39. The molecule has 6 heteroatoms. The van der Waals surface area contributed by atoms with E-state index in [9.17, 15) is 0 Å². The van der Waals surface area contributed by atoms with Gasteiger partial charge in [-0.15, -0.1) is 0 Å². The maximum absolute atomic E-state index is 5.91. The van der Waals surface area contributed by atoms with Crippen LogP contribution in [0.1, 0.15) is 11.1 Å². The third-order valence-electron chi connectivity index (χ3n) is 6.98. The van der Waals surface area contributed by atoms with Crippen LogP contribution >= 0.6 is 0 Å². The number of benzene rings is 4. The number of hydrogen-bond acceptors (Lipinski definition) is 6. The van der Waals surface area contributed by atoms with Crippen LogP contribution in [-0.4, -0.2) is 73.1 Å². The molecule has 1 fully saturated rings. The van der Waals surface area contributed by atoms with Gasteiger partial charge in [0.15, 0.2) is 0 Å². The Kier molecular flexibility index (Phi) is 9.45. The van der Waals surface area contributed by atoms with Crippen molar-refractivity contribution in [3.8, 4) is 5.75 Å². The molecule has 0 N–H and O–H groups in total. The van der Waals surface area contributed by atoms with E-state index in [-0.39, 0.29) is 0 Å². The molecular weight excluding hydrogens is 478 g/mol. The number of rotatable bonds is 4. The van der Waals surface area contributed by atoms with Gasteiger partial charge in [-0.1, -0.05) is 54.6 Å². The number of ether oxygens (including phenoxy) is 5. The molecule has 0 aromatic heterocycles. The molecule has 1 heterocycles. The minimum atomic E-state index is 0.569. The summed E-state index contributed by atoms with van der Waals surface area (Å²) in [6.45, 7) is 6.12. The second-order valence-corrected chi connectivity index (χ2v) is 9.42. The first-order valence-corrected chi connectivity index (χ1v) is 13.5. The summed E-state index contributed by atoms with van der Waals surface area (Å²) in [5, 5.41) is 5.12. The lowest BCUT2D eigenvalue weighted by molar-refractivity contribution is 0.00206. The molecule has 0 bridgehead atoms. The summed E-state index contributed by atoms with van der Waals surface area (Å²) in [5.74, 6) is 0.858. The molecule has 5 rings (SSSR count). The van der Waals surface area contributed by atoms with Crippen molar-refractivity contribution in [1.29, 1.82) is 0 Å². The molecule has 0 unspecified atom stereocenters. The van der Waals surface area contributed by atoms with Gasteiger partial charge in [0.1, 0.15) is 5.75 Å². The molecule has 38 heavy (non-hydrogen) atoms. The van der Waals surface area contributed by atoms with E-state index in [4.69, 9.17) is 23.7 Å². The monoisotopic (exact) mass is 515 g/mol. The van der Waals surface area contributed by atoms with Crippen LogP contribution < -0.4 is 9.64 Å². The minimum Gasteiger partial charge on any atom is -0.495 e. The molecule has 0 radical (unpaired) electrons. The van der Waals surface area contributed by atoms with E-state index in [1.54, 1.807) is 7.11 Å². The summed E-state index contributed by atoms with van der Waals surface area (Å²) in [7, 11) is 1.74. The van der Waals surface area contributed by atoms with Gasteiger partial charge in [0.05, 0.1) is 65.7 Å². The number of hydrogen-bond donors (Lipinski definition) is 0. The van der Waals surface area contributed by atoms with E-state index >= 15 is 0 Å². The van der Waals surface area contributed by atoms with Crippen molar-refractivity contribution in [3.05, 3.63) is 83.9 Å². The predicted molar refractivity (Wildman–Crippen MR) is 153 cm³/mol. The van der Waals surface area contributed by atoms with Crippen LogP contribution in [0.2, 0.25) is 0 Å². The molecule has 0 atom stereocenters. The standard InChI is InChI=1S/C32H37NO5/c1-34-32-23-25(22-30-28-8-4-2-6-26(28)24-27-7-3-5-9-29(27)30)10-11-31(32)33-12-14-35-16-18-37-20-21-38-19-17-36-15-13-33/h2-11,23-24H,12-22H2,1H3. The van der Waals surface area contributed by atoms with Crippen molar-refractivity contribution >= 4 is 27.2 Å². The zero-order valence-electron chi connectivity index (χ0n) is 22.2. The summed E-state index contributed by atoms with van der Waals surface area (Å²) in [4.78, 5) is 2.28. The number of nitrogens with zero attached hydrogens (tertiary/aromatic N) is 1. The summed E-state index contributed by atoms with van der Waals surface area (Å²) < 4.78 is 28.7. The minimum absolute atomic E-state index is 0.569. The van der Waals surface area contributed by atoms with Crippen molar-refractivity contribution in [2.75, 3.05) is 78.0 Å². The smallest absolute Gasteiger partial charge is 0.142 e. The van der Waals surface area contributed by atoms with Crippen molar-refractivity contribution in [1.82, 2.24) is 0 Å². The van der Waals surface area contributed by atoms with Gasteiger partial charge < -0.3 is 28.6 Å². The van der Waals surface area contributed by atoms with Crippen LogP contribution in [0.3, 0.4) is 0 Å². The molecule has 0 aliphatic carbocycles. The fourth-order valence-electron chi connectivity index (χ4n) is 5.06. The molecule has 0 spiro atoms. The normalized spacial score (nSPS) is 16.7. The summed E-state index contributed by atoms with van der Waals surface area (Å²) in [5.41, 5.74) is 3.60. The fraction of sp³-hybridized carbons (Fsp3) is 0.375. The van der Waals surface area contributed by atoms with Crippen LogP contribution in [0.25, 0.3) is 21.5 Å². The highest BCUT2D eigenvalue weighted by Gasteiger charge is 2.15. The Morgan fingerprint density at radius 3 is 1.71 bits per heavy atom. The van der Waals surface area contributed by atoms with Gasteiger partial charge in [-0.05, 0) is 57.3 Å². The van der Waals surface area contributed by atoms with Crippen LogP contribution in [0, 0.1) is 0 Å². The van der Waals surface area contributed by atoms with E-state index in [1.807, 2.05) is 0 Å². The first kappa shape index (κ1) is 26.4. The highest BCUT2D eigenvalue weighted by atomic mass is 16.6. The van der Waals surface area contributed by atoms with Crippen molar-refractivity contribution in [3.63, 3.8) is 0 Å². The molecule has 6 nitrogen and oxygen atoms in total. The van der Waals surface area contributed by atoms with E-state index < -0.39 is 0 Å². The largest absolute Gasteiger partial charge is 0.495 e. The summed E-state index contributed by atoms with van der Waals surface area (Å²) >= 11 is 0. The van der Waals surface area contributed by atoms with Crippen molar-refractivity contribution in [2.24, 2.45) is 0 Å². The van der Waals surface area contributed by atoms with Gasteiger partial charge in [-0.2, -0.15) is 0 Å². The summed E-state index contributed by atoms with van der Waals surface area (Å²) in [6.07, 6.45) is 0.824. The first-order chi connectivity index (χ1) is 18.8. The quantitative estimate of drug-likeness (QED) is 0.336. The Bertz CT molecular complexity index is 1250. The van der Waals surface area contributed by atoms with Crippen molar-refractivity contribution in [2.45, 2.75) is 6.42 Å². The molecule has 4 aromatic rings. The van der Waals surface area contributed by atoms with Crippen molar-refractivity contribution < 1.29 is 23.7 Å². The zero-order chi connectivity index (χ0) is 26.0. The molecule has 1 saturated heterocycles. The van der Waals surface area contributed by atoms with Gasteiger partial charge in [0.2, 0.25) is 0 Å². The van der Waals surface area contributed by atoms with Gasteiger partial charge in [0.25, 0.3) is 0 Å². The Labute approximate surface area is 225 Å². The zero-order valence-corrected chi connectivity index (χ0v) is 22.2. The molecular formula is C32H37NO5. The molecule has 200 valence electrons. The van der Waals surface area contributed by atoms with E-state index in [0.29, 0.717) is 52.9 Å². The van der Waals surface area contributed by atoms with Crippen LogP contribution in [0.5, 0.6) is 5.75 Å². The van der Waals surface area contributed by atoms with Crippen LogP contribution in [0.4, 0.5) is 5.69 Å². The van der Waals surface area contributed by atoms with E-state index in [0.717, 1.165) is 30.9 Å². The van der Waals surface area contributed by atoms with E-state index in [1.165, 1.54) is 32.7 Å². The van der Waals surface area contributed by atoms with Crippen LogP contribution in [0.15, 0.2) is 72.8 Å². The highest BCUT2D eigenvalue weighted by Crippen LogP contribution is 2.34. The molecule has 1 aliphatic heterocycles. The fourth-order valence-corrected chi connectivity index (χ4v) is 5.06. The van der Waals surface area contributed by atoms with Gasteiger partial charge in [-0.25, -0.2) is 0 Å². The van der Waals surface area contributed by atoms with Gasteiger partial charge in [0, 0.05) is 13.1 Å². The predicted octanol–water partition coefficient (Wildman–Crippen LogP) is 5.48. The number of fused-ring (bicyclic) bond motifs is 2. The highest BCUT2D eigenvalue weighted by molar-refractivity contribution is 6.02. The maximum Gasteiger partial charge on any atom is 0.142 e. The average molecular weight is 516 g/mol. The Morgan fingerprint density at radius 2 is 1.16 bits per heavy atom. The third kappa shape index (κ3) is 6.63.